The second-order valence-electron chi connectivity index (χ2n) is 8.10. The van der Waals surface area contributed by atoms with E-state index in [0.717, 1.165) is 21.9 Å². The quantitative estimate of drug-likeness (QED) is 0.387. The molecule has 33 heavy (non-hydrogen) atoms. The van der Waals surface area contributed by atoms with Crippen LogP contribution in [0, 0.1) is 13.8 Å². The van der Waals surface area contributed by atoms with Crippen molar-refractivity contribution < 1.29 is 13.2 Å². The first-order valence-electron chi connectivity index (χ1n) is 10.8. The lowest BCUT2D eigenvalue weighted by Crippen LogP contribution is -2.34. The van der Waals surface area contributed by atoms with Crippen LogP contribution in [-0.2, 0) is 14.8 Å². The Morgan fingerprint density at radius 1 is 0.788 bits per heavy atom. The van der Waals surface area contributed by atoms with E-state index in [1.807, 2.05) is 80.6 Å². The van der Waals surface area contributed by atoms with Crippen LogP contribution >= 0.6 is 0 Å². The van der Waals surface area contributed by atoms with Crippen LogP contribution in [0.2, 0.25) is 0 Å². The summed E-state index contributed by atoms with van der Waals surface area (Å²) in [7, 11) is -3.89. The van der Waals surface area contributed by atoms with E-state index in [-0.39, 0.29) is 23.8 Å². The summed E-state index contributed by atoms with van der Waals surface area (Å²) in [6.45, 7) is 3.88. The van der Waals surface area contributed by atoms with Crippen molar-refractivity contribution in [1.82, 2.24) is 0 Å². The monoisotopic (exact) mass is 458 g/mol. The van der Waals surface area contributed by atoms with Gasteiger partial charge in [0.15, 0.2) is 0 Å². The van der Waals surface area contributed by atoms with E-state index < -0.39 is 10.0 Å². The number of hydrogen-bond donors (Lipinski definition) is 1. The molecule has 0 aliphatic heterocycles. The number of para-hydroxylation sites is 1. The number of nitrogens with one attached hydrogen (secondary N) is 1. The molecule has 0 aliphatic carbocycles. The van der Waals surface area contributed by atoms with Crippen molar-refractivity contribution in [3.05, 3.63) is 102 Å². The molecular formula is C27H26N2O3S. The first-order valence-corrected chi connectivity index (χ1v) is 12.2. The topological polar surface area (TPSA) is 66.5 Å². The van der Waals surface area contributed by atoms with E-state index in [4.69, 9.17) is 0 Å². The molecule has 0 saturated heterocycles. The summed E-state index contributed by atoms with van der Waals surface area (Å²) in [5.74, 6) is -0.246. The minimum Gasteiger partial charge on any atom is -0.326 e. The average Bonchev–Trinajstić information content (AvgIpc) is 2.79. The molecule has 0 atom stereocenters. The van der Waals surface area contributed by atoms with Gasteiger partial charge >= 0.3 is 0 Å². The molecule has 0 unspecified atom stereocenters. The maximum Gasteiger partial charge on any atom is 0.264 e. The van der Waals surface area contributed by atoms with Crippen LogP contribution in [0.25, 0.3) is 10.8 Å². The predicted molar refractivity (Wildman–Crippen MR) is 134 cm³/mol. The van der Waals surface area contributed by atoms with E-state index in [1.165, 1.54) is 4.31 Å². The number of hydrogen-bond acceptors (Lipinski definition) is 3. The van der Waals surface area contributed by atoms with Gasteiger partial charge in [-0.15, -0.1) is 0 Å². The first-order chi connectivity index (χ1) is 15.8. The highest BCUT2D eigenvalue weighted by Gasteiger charge is 2.26. The van der Waals surface area contributed by atoms with Crippen molar-refractivity contribution >= 4 is 38.1 Å². The van der Waals surface area contributed by atoms with Crippen molar-refractivity contribution in [2.75, 3.05) is 16.2 Å². The molecule has 0 spiro atoms. The van der Waals surface area contributed by atoms with Gasteiger partial charge in [-0.05, 0) is 72.1 Å². The summed E-state index contributed by atoms with van der Waals surface area (Å²) >= 11 is 0. The normalized spacial score (nSPS) is 11.3. The molecule has 0 radical (unpaired) electrons. The molecule has 0 saturated carbocycles. The summed E-state index contributed by atoms with van der Waals surface area (Å²) in [5.41, 5.74) is 3.14. The highest BCUT2D eigenvalue weighted by molar-refractivity contribution is 7.92. The largest absolute Gasteiger partial charge is 0.326 e. The maximum absolute atomic E-state index is 13.8. The Hall–Kier alpha value is -3.64. The molecule has 6 heteroatoms. The fourth-order valence-electron chi connectivity index (χ4n) is 3.89. The molecule has 168 valence electrons. The summed E-state index contributed by atoms with van der Waals surface area (Å²) in [4.78, 5) is 12.8. The Morgan fingerprint density at radius 2 is 1.42 bits per heavy atom. The zero-order valence-corrected chi connectivity index (χ0v) is 19.5. The predicted octanol–water partition coefficient (Wildman–Crippen LogP) is 5.68. The van der Waals surface area contributed by atoms with Gasteiger partial charge in [-0.25, -0.2) is 8.42 Å². The van der Waals surface area contributed by atoms with Crippen molar-refractivity contribution in [2.45, 2.75) is 25.2 Å². The SMILES string of the molecule is Cc1cc(C)cc(N(CCC(=O)Nc2ccccc2)S(=O)(=O)c2ccc3ccccc3c2)c1. The van der Waals surface area contributed by atoms with Crippen LogP contribution in [0.1, 0.15) is 17.5 Å². The van der Waals surface area contributed by atoms with Gasteiger partial charge in [-0.2, -0.15) is 0 Å². The number of carbonyl (C=O) groups excluding carboxylic acids is 1. The van der Waals surface area contributed by atoms with Crippen LogP contribution < -0.4 is 9.62 Å². The molecule has 1 N–H and O–H groups in total. The lowest BCUT2D eigenvalue weighted by molar-refractivity contribution is -0.116. The van der Waals surface area contributed by atoms with Crippen molar-refractivity contribution in [3.63, 3.8) is 0 Å². The van der Waals surface area contributed by atoms with Gasteiger partial charge in [-0.1, -0.05) is 54.6 Å². The van der Waals surface area contributed by atoms with Crippen LogP contribution in [0.3, 0.4) is 0 Å². The number of amides is 1. The third-order valence-electron chi connectivity index (χ3n) is 5.40. The minimum absolute atomic E-state index is 0.0225. The molecule has 0 aliphatic rings. The standard InChI is InChI=1S/C27H26N2O3S/c1-20-16-21(2)18-25(17-20)29(15-14-27(30)28-24-10-4-3-5-11-24)33(31,32)26-13-12-22-8-6-7-9-23(22)19-26/h3-13,16-19H,14-15H2,1-2H3,(H,28,30). The fraction of sp³-hybridized carbons (Fsp3) is 0.148. The van der Waals surface area contributed by atoms with Gasteiger partial charge in [0.1, 0.15) is 0 Å². The first kappa shape index (κ1) is 22.6. The maximum atomic E-state index is 13.8. The number of rotatable bonds is 7. The smallest absolute Gasteiger partial charge is 0.264 e. The van der Waals surface area contributed by atoms with E-state index >= 15 is 0 Å². The average molecular weight is 459 g/mol. The molecule has 0 aromatic heterocycles. The summed E-state index contributed by atoms with van der Waals surface area (Å²) < 4.78 is 28.9. The van der Waals surface area contributed by atoms with Gasteiger partial charge in [0.05, 0.1) is 10.6 Å². The van der Waals surface area contributed by atoms with Gasteiger partial charge in [0.2, 0.25) is 5.91 Å². The van der Waals surface area contributed by atoms with Gasteiger partial charge in [0, 0.05) is 18.7 Å². The Balaban J connectivity index is 1.67. The molecule has 1 amide bonds. The van der Waals surface area contributed by atoms with Crippen molar-refractivity contribution in [2.24, 2.45) is 0 Å². The molecule has 4 rings (SSSR count). The Kier molecular flexibility index (Phi) is 6.47. The van der Waals surface area contributed by atoms with Crippen LogP contribution in [0.5, 0.6) is 0 Å². The number of aryl methyl sites for hydroxylation is 2. The van der Waals surface area contributed by atoms with Gasteiger partial charge < -0.3 is 5.32 Å². The molecule has 5 nitrogen and oxygen atoms in total. The zero-order valence-electron chi connectivity index (χ0n) is 18.7. The summed E-state index contributed by atoms with van der Waals surface area (Å²) in [6, 6.07) is 27.6. The minimum atomic E-state index is -3.89. The third-order valence-corrected chi connectivity index (χ3v) is 7.23. The number of benzene rings is 4. The molecular weight excluding hydrogens is 432 g/mol. The fourth-order valence-corrected chi connectivity index (χ4v) is 5.37. The lowest BCUT2D eigenvalue weighted by atomic mass is 10.1. The van der Waals surface area contributed by atoms with Crippen molar-refractivity contribution in [1.29, 1.82) is 0 Å². The van der Waals surface area contributed by atoms with E-state index in [9.17, 15) is 13.2 Å². The highest BCUT2D eigenvalue weighted by atomic mass is 32.2. The number of sulfonamides is 1. The molecule has 0 fully saturated rings. The molecule has 4 aromatic rings. The number of anilines is 2. The van der Waals surface area contributed by atoms with E-state index in [2.05, 4.69) is 5.32 Å². The highest BCUT2D eigenvalue weighted by Crippen LogP contribution is 2.28. The second-order valence-corrected chi connectivity index (χ2v) is 9.96. The molecule has 4 aromatic carbocycles. The van der Waals surface area contributed by atoms with E-state index in [0.29, 0.717) is 11.4 Å². The van der Waals surface area contributed by atoms with Crippen LogP contribution in [0.4, 0.5) is 11.4 Å². The van der Waals surface area contributed by atoms with Gasteiger partial charge in [0.25, 0.3) is 10.0 Å². The van der Waals surface area contributed by atoms with Gasteiger partial charge in [-0.3, -0.25) is 9.10 Å². The van der Waals surface area contributed by atoms with E-state index in [1.54, 1.807) is 24.3 Å². The Bertz CT molecular complexity index is 1380. The van der Waals surface area contributed by atoms with Crippen LogP contribution in [0.15, 0.2) is 95.9 Å². The van der Waals surface area contributed by atoms with Crippen molar-refractivity contribution in [3.8, 4) is 0 Å². The zero-order chi connectivity index (χ0) is 23.4. The molecule has 0 heterocycles. The second kappa shape index (κ2) is 9.46. The van der Waals surface area contributed by atoms with Crippen LogP contribution in [-0.4, -0.2) is 20.9 Å². The summed E-state index contributed by atoms with van der Waals surface area (Å²) in [5, 5.41) is 4.64. The Morgan fingerprint density at radius 3 is 2.12 bits per heavy atom. The lowest BCUT2D eigenvalue weighted by Gasteiger charge is -2.25. The number of nitrogens with zero attached hydrogens (tertiary/aromatic N) is 1. The number of carbonyl (C=O) groups is 1. The molecule has 0 bridgehead atoms. The number of fused-ring (bicyclic) bond motifs is 1. The Labute approximate surface area is 194 Å². The third kappa shape index (κ3) is 5.23. The summed E-state index contributed by atoms with van der Waals surface area (Å²) in [6.07, 6.45) is 0.0225.